The molecule has 138 valence electrons. The maximum Gasteiger partial charge on any atom is 0.410 e. The Labute approximate surface area is 150 Å². The van der Waals surface area contributed by atoms with Crippen molar-refractivity contribution in [1.82, 2.24) is 10.2 Å². The van der Waals surface area contributed by atoms with Crippen LogP contribution in [0.4, 0.5) is 4.79 Å². The fourth-order valence-electron chi connectivity index (χ4n) is 3.73. The van der Waals surface area contributed by atoms with Crippen molar-refractivity contribution in [3.63, 3.8) is 0 Å². The van der Waals surface area contributed by atoms with Crippen LogP contribution in [-0.4, -0.2) is 47.4 Å². The monoisotopic (exact) mass is 346 g/mol. The van der Waals surface area contributed by atoms with E-state index in [-0.39, 0.29) is 6.09 Å². The number of aliphatic hydroxyl groups is 1. The van der Waals surface area contributed by atoms with Gasteiger partial charge in [-0.05, 0) is 31.2 Å². The zero-order valence-corrected chi connectivity index (χ0v) is 15.0. The van der Waals surface area contributed by atoms with E-state index in [4.69, 9.17) is 4.74 Å². The van der Waals surface area contributed by atoms with Crippen molar-refractivity contribution in [3.05, 3.63) is 35.9 Å². The number of likely N-dealkylation sites (tertiary alicyclic amines) is 1. The molecule has 1 aromatic carbocycles. The van der Waals surface area contributed by atoms with Crippen molar-refractivity contribution in [2.24, 2.45) is 0 Å². The van der Waals surface area contributed by atoms with Crippen molar-refractivity contribution >= 4 is 6.09 Å². The maximum atomic E-state index is 12.2. The second-order valence-corrected chi connectivity index (χ2v) is 7.47. The Morgan fingerprint density at radius 1 is 1.16 bits per heavy atom. The molecule has 0 unspecified atom stereocenters. The largest absolute Gasteiger partial charge is 0.445 e. The second kappa shape index (κ2) is 8.68. The summed E-state index contributed by atoms with van der Waals surface area (Å²) in [5.41, 5.74) is 0.286. The molecule has 1 aromatic rings. The predicted octanol–water partition coefficient (Wildman–Crippen LogP) is 3.07. The Morgan fingerprint density at radius 3 is 2.52 bits per heavy atom. The van der Waals surface area contributed by atoms with Crippen LogP contribution in [0.3, 0.4) is 0 Å². The summed E-state index contributed by atoms with van der Waals surface area (Å²) in [6, 6.07) is 10.2. The molecule has 0 radical (unpaired) electrons. The maximum absolute atomic E-state index is 12.2. The summed E-state index contributed by atoms with van der Waals surface area (Å²) in [4.78, 5) is 13.9. The van der Waals surface area contributed by atoms with Crippen molar-refractivity contribution in [2.75, 3.05) is 19.6 Å². The van der Waals surface area contributed by atoms with Gasteiger partial charge in [0.05, 0.1) is 5.60 Å². The van der Waals surface area contributed by atoms with Crippen molar-refractivity contribution in [2.45, 2.75) is 63.2 Å². The van der Waals surface area contributed by atoms with Crippen LogP contribution >= 0.6 is 0 Å². The van der Waals surface area contributed by atoms with Crippen LogP contribution in [0.15, 0.2) is 30.3 Å². The van der Waals surface area contributed by atoms with Gasteiger partial charge in [-0.15, -0.1) is 0 Å². The highest BCUT2D eigenvalue weighted by Gasteiger charge is 2.34. The molecule has 5 heteroatoms. The Balaban J connectivity index is 1.38. The number of nitrogens with one attached hydrogen (secondary N) is 1. The smallest absolute Gasteiger partial charge is 0.410 e. The van der Waals surface area contributed by atoms with Gasteiger partial charge < -0.3 is 20.1 Å². The summed E-state index contributed by atoms with van der Waals surface area (Å²) in [5.74, 6) is 0. The first-order valence-corrected chi connectivity index (χ1v) is 9.56. The minimum atomic E-state index is -0.701. The number of carbonyl (C=O) groups is 1. The number of carbonyl (C=O) groups excluding carboxylic acids is 1. The SMILES string of the molecule is O=C(OCc1ccccc1)N1CCC(O)(CNC2CCCCC2)CC1. The highest BCUT2D eigenvalue weighted by Crippen LogP contribution is 2.24. The molecule has 2 N–H and O–H groups in total. The predicted molar refractivity (Wildman–Crippen MR) is 97.3 cm³/mol. The third-order valence-corrected chi connectivity index (χ3v) is 5.48. The van der Waals surface area contributed by atoms with Gasteiger partial charge in [0, 0.05) is 25.7 Å². The number of nitrogens with zero attached hydrogens (tertiary/aromatic N) is 1. The number of hydrogen-bond donors (Lipinski definition) is 2. The van der Waals surface area contributed by atoms with E-state index in [0.717, 1.165) is 5.56 Å². The highest BCUT2D eigenvalue weighted by atomic mass is 16.6. The summed E-state index contributed by atoms with van der Waals surface area (Å²) < 4.78 is 5.38. The minimum absolute atomic E-state index is 0.286. The highest BCUT2D eigenvalue weighted by molar-refractivity contribution is 5.67. The molecule has 1 saturated carbocycles. The third kappa shape index (κ3) is 5.44. The molecule has 1 aliphatic heterocycles. The van der Waals surface area contributed by atoms with E-state index >= 15 is 0 Å². The van der Waals surface area contributed by atoms with Gasteiger partial charge in [0.2, 0.25) is 0 Å². The Morgan fingerprint density at radius 2 is 1.84 bits per heavy atom. The van der Waals surface area contributed by atoms with Gasteiger partial charge in [-0.1, -0.05) is 49.6 Å². The van der Waals surface area contributed by atoms with Crippen LogP contribution in [0.25, 0.3) is 0 Å². The van der Waals surface area contributed by atoms with E-state index in [1.54, 1.807) is 4.90 Å². The number of hydrogen-bond acceptors (Lipinski definition) is 4. The Hall–Kier alpha value is -1.59. The second-order valence-electron chi connectivity index (χ2n) is 7.47. The fourth-order valence-corrected chi connectivity index (χ4v) is 3.73. The number of ether oxygens (including phenoxy) is 1. The van der Waals surface area contributed by atoms with E-state index in [1.165, 1.54) is 32.1 Å². The normalized spacial score (nSPS) is 21.1. The minimum Gasteiger partial charge on any atom is -0.445 e. The van der Waals surface area contributed by atoms with Gasteiger partial charge in [0.1, 0.15) is 6.61 Å². The van der Waals surface area contributed by atoms with E-state index in [2.05, 4.69) is 5.32 Å². The molecule has 1 amide bonds. The Kier molecular flexibility index (Phi) is 6.32. The molecule has 0 spiro atoms. The van der Waals surface area contributed by atoms with Crippen molar-refractivity contribution in [3.8, 4) is 0 Å². The number of piperidine rings is 1. The number of benzene rings is 1. The summed E-state index contributed by atoms with van der Waals surface area (Å²) >= 11 is 0. The number of rotatable bonds is 5. The molecule has 1 aliphatic carbocycles. The average Bonchev–Trinajstić information content (AvgIpc) is 2.67. The summed E-state index contributed by atoms with van der Waals surface area (Å²) in [7, 11) is 0. The molecule has 25 heavy (non-hydrogen) atoms. The standard InChI is InChI=1S/C20H30N2O3/c23-19(25-15-17-7-3-1-4-8-17)22-13-11-20(24,12-14-22)16-21-18-9-5-2-6-10-18/h1,3-4,7-8,18,21,24H,2,5-6,9-16H2. The summed E-state index contributed by atoms with van der Waals surface area (Å²) in [6.45, 7) is 2.03. The zero-order chi connectivity index (χ0) is 17.5. The van der Waals surface area contributed by atoms with Gasteiger partial charge in [0.15, 0.2) is 0 Å². The van der Waals surface area contributed by atoms with Crippen LogP contribution < -0.4 is 5.32 Å². The molecule has 0 atom stereocenters. The Bertz CT molecular complexity index is 535. The van der Waals surface area contributed by atoms with Crippen LogP contribution in [0.1, 0.15) is 50.5 Å². The average molecular weight is 346 g/mol. The molecule has 0 aromatic heterocycles. The van der Waals surface area contributed by atoms with Gasteiger partial charge in [-0.2, -0.15) is 0 Å². The molecule has 3 rings (SSSR count). The van der Waals surface area contributed by atoms with Crippen molar-refractivity contribution in [1.29, 1.82) is 0 Å². The lowest BCUT2D eigenvalue weighted by Gasteiger charge is -2.39. The quantitative estimate of drug-likeness (QED) is 0.860. The van der Waals surface area contributed by atoms with E-state index in [0.29, 0.717) is 45.1 Å². The van der Waals surface area contributed by atoms with E-state index < -0.39 is 5.60 Å². The molecule has 2 fully saturated rings. The van der Waals surface area contributed by atoms with Crippen LogP contribution in [0.2, 0.25) is 0 Å². The van der Waals surface area contributed by atoms with Crippen LogP contribution in [0, 0.1) is 0 Å². The molecule has 2 aliphatic rings. The first-order chi connectivity index (χ1) is 12.1. The molecular formula is C20H30N2O3. The van der Waals surface area contributed by atoms with Crippen molar-refractivity contribution < 1.29 is 14.6 Å². The summed E-state index contributed by atoms with van der Waals surface area (Å²) in [5, 5.41) is 14.3. The zero-order valence-electron chi connectivity index (χ0n) is 15.0. The molecular weight excluding hydrogens is 316 g/mol. The lowest BCUT2D eigenvalue weighted by Crippen LogP contribution is -2.52. The van der Waals surface area contributed by atoms with E-state index in [9.17, 15) is 9.90 Å². The topological polar surface area (TPSA) is 61.8 Å². The fraction of sp³-hybridized carbons (Fsp3) is 0.650. The van der Waals surface area contributed by atoms with Crippen LogP contribution in [-0.2, 0) is 11.3 Å². The first-order valence-electron chi connectivity index (χ1n) is 9.56. The first kappa shape index (κ1) is 18.2. The molecule has 1 saturated heterocycles. The number of amides is 1. The van der Waals surface area contributed by atoms with E-state index in [1.807, 2.05) is 30.3 Å². The third-order valence-electron chi connectivity index (χ3n) is 5.48. The lowest BCUT2D eigenvalue weighted by atomic mass is 9.89. The molecule has 5 nitrogen and oxygen atoms in total. The van der Waals surface area contributed by atoms with Gasteiger partial charge in [-0.25, -0.2) is 4.79 Å². The molecule has 0 bridgehead atoms. The lowest BCUT2D eigenvalue weighted by molar-refractivity contribution is -0.0222. The molecule has 1 heterocycles. The van der Waals surface area contributed by atoms with Gasteiger partial charge >= 0.3 is 6.09 Å². The van der Waals surface area contributed by atoms with Crippen LogP contribution in [0.5, 0.6) is 0 Å². The van der Waals surface area contributed by atoms with Gasteiger partial charge in [0.25, 0.3) is 0 Å². The summed E-state index contributed by atoms with van der Waals surface area (Å²) in [6.07, 6.45) is 7.27. The van der Waals surface area contributed by atoms with Gasteiger partial charge in [-0.3, -0.25) is 0 Å².